The van der Waals surface area contributed by atoms with Gasteiger partial charge in [-0.15, -0.1) is 0 Å². The number of hydrogen-bond acceptors (Lipinski definition) is 2. The zero-order valence-corrected chi connectivity index (χ0v) is 9.20. The second kappa shape index (κ2) is 3.35. The first kappa shape index (κ1) is 10.0. The highest BCUT2D eigenvalue weighted by Gasteiger charge is 2.35. The minimum atomic E-state index is 0.668. The van der Waals surface area contributed by atoms with E-state index in [4.69, 9.17) is 0 Å². The molecular weight excluding hydrogens is 148 g/mol. The number of hydrogen-bond donors (Lipinski definition) is 0. The fourth-order valence-corrected chi connectivity index (χ4v) is 2.10. The molecule has 72 valence electrons. The third kappa shape index (κ3) is 1.38. The molecule has 0 aliphatic carbocycles. The monoisotopic (exact) mass is 170 g/mol. The van der Waals surface area contributed by atoms with Crippen molar-refractivity contribution in [2.45, 2.75) is 51.9 Å². The SMILES string of the molecule is CC1C(C)N(C)C(C)C(C)N1C. The number of rotatable bonds is 0. The van der Waals surface area contributed by atoms with Gasteiger partial charge in [-0.1, -0.05) is 0 Å². The van der Waals surface area contributed by atoms with E-state index in [0.29, 0.717) is 24.2 Å². The van der Waals surface area contributed by atoms with Crippen LogP contribution < -0.4 is 0 Å². The molecule has 0 aromatic rings. The maximum atomic E-state index is 2.48. The Morgan fingerprint density at radius 2 is 0.750 bits per heavy atom. The Bertz CT molecular complexity index is 99.4. The van der Waals surface area contributed by atoms with Crippen molar-refractivity contribution in [2.75, 3.05) is 14.1 Å². The van der Waals surface area contributed by atoms with Gasteiger partial charge in [0.25, 0.3) is 0 Å². The van der Waals surface area contributed by atoms with Gasteiger partial charge in [-0.05, 0) is 41.8 Å². The largest absolute Gasteiger partial charge is 0.298 e. The molecule has 4 unspecified atom stereocenters. The Morgan fingerprint density at radius 1 is 0.583 bits per heavy atom. The lowest BCUT2D eigenvalue weighted by Gasteiger charge is -2.50. The van der Waals surface area contributed by atoms with Crippen LogP contribution >= 0.6 is 0 Å². The Morgan fingerprint density at radius 3 is 0.917 bits per heavy atom. The fraction of sp³-hybridized carbons (Fsp3) is 1.00. The third-order valence-electron chi connectivity index (χ3n) is 3.97. The van der Waals surface area contributed by atoms with Crippen molar-refractivity contribution in [3.05, 3.63) is 0 Å². The number of piperazine rings is 1. The lowest BCUT2D eigenvalue weighted by molar-refractivity contribution is -0.00949. The van der Waals surface area contributed by atoms with Crippen LogP contribution in [-0.4, -0.2) is 48.1 Å². The van der Waals surface area contributed by atoms with Gasteiger partial charge in [0, 0.05) is 24.2 Å². The zero-order valence-electron chi connectivity index (χ0n) is 9.20. The molecule has 1 rings (SSSR count). The van der Waals surface area contributed by atoms with Crippen LogP contribution in [0, 0.1) is 0 Å². The first-order valence-corrected chi connectivity index (χ1v) is 4.90. The zero-order chi connectivity index (χ0) is 9.46. The van der Waals surface area contributed by atoms with Crippen molar-refractivity contribution in [1.82, 2.24) is 9.80 Å². The van der Waals surface area contributed by atoms with E-state index in [1.54, 1.807) is 0 Å². The van der Waals surface area contributed by atoms with Crippen LogP contribution in [-0.2, 0) is 0 Å². The van der Waals surface area contributed by atoms with E-state index < -0.39 is 0 Å². The Hall–Kier alpha value is -0.0800. The number of nitrogens with zero attached hydrogens (tertiary/aromatic N) is 2. The second-order valence-electron chi connectivity index (χ2n) is 4.29. The van der Waals surface area contributed by atoms with Crippen molar-refractivity contribution in [3.63, 3.8) is 0 Å². The van der Waals surface area contributed by atoms with Crippen molar-refractivity contribution in [3.8, 4) is 0 Å². The maximum absolute atomic E-state index is 2.48. The normalized spacial score (nSPS) is 46.5. The van der Waals surface area contributed by atoms with Gasteiger partial charge < -0.3 is 0 Å². The molecule has 1 saturated heterocycles. The van der Waals surface area contributed by atoms with Crippen LogP contribution in [0.5, 0.6) is 0 Å². The molecule has 0 N–H and O–H groups in total. The van der Waals surface area contributed by atoms with E-state index in [0.717, 1.165) is 0 Å². The first-order chi connectivity index (χ1) is 5.46. The quantitative estimate of drug-likeness (QED) is 0.542. The van der Waals surface area contributed by atoms with Crippen molar-refractivity contribution < 1.29 is 0 Å². The predicted molar refractivity (Wildman–Crippen MR) is 53.4 cm³/mol. The van der Waals surface area contributed by atoms with E-state index in [-0.39, 0.29) is 0 Å². The molecule has 0 radical (unpaired) electrons. The summed E-state index contributed by atoms with van der Waals surface area (Å²) in [4.78, 5) is 4.96. The van der Waals surface area contributed by atoms with Gasteiger partial charge in [-0.2, -0.15) is 0 Å². The highest BCUT2D eigenvalue weighted by molar-refractivity contribution is 4.92. The summed E-state index contributed by atoms with van der Waals surface area (Å²) in [5, 5.41) is 0. The van der Waals surface area contributed by atoms with Crippen molar-refractivity contribution in [2.24, 2.45) is 0 Å². The van der Waals surface area contributed by atoms with Gasteiger partial charge in [0.05, 0.1) is 0 Å². The summed E-state index contributed by atoms with van der Waals surface area (Å²) in [6.45, 7) is 9.24. The summed E-state index contributed by atoms with van der Waals surface area (Å²) in [6, 6.07) is 2.67. The predicted octanol–water partition coefficient (Wildman–Crippen LogP) is 1.42. The van der Waals surface area contributed by atoms with E-state index in [2.05, 4.69) is 51.6 Å². The molecule has 0 aromatic carbocycles. The Labute approximate surface area is 76.5 Å². The molecule has 1 aliphatic rings. The van der Waals surface area contributed by atoms with Gasteiger partial charge in [-0.25, -0.2) is 0 Å². The first-order valence-electron chi connectivity index (χ1n) is 4.90. The molecule has 1 heterocycles. The minimum Gasteiger partial charge on any atom is -0.298 e. The molecule has 12 heavy (non-hydrogen) atoms. The summed E-state index contributed by atoms with van der Waals surface area (Å²) in [6.07, 6.45) is 0. The summed E-state index contributed by atoms with van der Waals surface area (Å²) in [5.74, 6) is 0. The van der Waals surface area contributed by atoms with E-state index in [1.807, 2.05) is 0 Å². The smallest absolute Gasteiger partial charge is 0.0221 e. The number of likely N-dealkylation sites (N-methyl/N-ethyl adjacent to an activating group) is 2. The fourth-order valence-electron chi connectivity index (χ4n) is 2.10. The molecule has 0 amide bonds. The van der Waals surface area contributed by atoms with E-state index in [1.165, 1.54) is 0 Å². The van der Waals surface area contributed by atoms with Gasteiger partial charge >= 0.3 is 0 Å². The van der Waals surface area contributed by atoms with Crippen LogP contribution in [0.25, 0.3) is 0 Å². The highest BCUT2D eigenvalue weighted by atomic mass is 15.3. The standard InChI is InChI=1S/C10H22N2/c1-7-8(2)12(6)10(4)9(3)11(7)5/h7-10H,1-6H3. The minimum absolute atomic E-state index is 0.668. The molecule has 0 spiro atoms. The van der Waals surface area contributed by atoms with Crippen molar-refractivity contribution in [1.29, 1.82) is 0 Å². The molecule has 2 heteroatoms. The highest BCUT2D eigenvalue weighted by Crippen LogP contribution is 2.23. The van der Waals surface area contributed by atoms with E-state index in [9.17, 15) is 0 Å². The summed E-state index contributed by atoms with van der Waals surface area (Å²) < 4.78 is 0. The maximum Gasteiger partial charge on any atom is 0.0221 e. The molecule has 4 atom stereocenters. The van der Waals surface area contributed by atoms with Crippen LogP contribution in [0.3, 0.4) is 0 Å². The molecular formula is C10H22N2. The topological polar surface area (TPSA) is 6.48 Å². The van der Waals surface area contributed by atoms with Gasteiger partial charge in [0.1, 0.15) is 0 Å². The molecule has 1 fully saturated rings. The average molecular weight is 170 g/mol. The third-order valence-corrected chi connectivity index (χ3v) is 3.97. The molecule has 0 aromatic heterocycles. The lowest BCUT2D eigenvalue weighted by atomic mass is 9.96. The summed E-state index contributed by atoms with van der Waals surface area (Å²) in [7, 11) is 4.46. The summed E-state index contributed by atoms with van der Waals surface area (Å²) in [5.41, 5.74) is 0. The average Bonchev–Trinajstić information content (AvgIpc) is 2.08. The lowest BCUT2D eigenvalue weighted by Crippen LogP contribution is -2.62. The summed E-state index contributed by atoms with van der Waals surface area (Å²) >= 11 is 0. The van der Waals surface area contributed by atoms with Crippen LogP contribution in [0.4, 0.5) is 0 Å². The Kier molecular flexibility index (Phi) is 2.79. The molecule has 0 saturated carbocycles. The molecule has 0 bridgehead atoms. The van der Waals surface area contributed by atoms with Crippen LogP contribution in [0.15, 0.2) is 0 Å². The van der Waals surface area contributed by atoms with Gasteiger partial charge in [-0.3, -0.25) is 9.80 Å². The van der Waals surface area contributed by atoms with Crippen molar-refractivity contribution >= 4 is 0 Å². The molecule has 2 nitrogen and oxygen atoms in total. The van der Waals surface area contributed by atoms with Gasteiger partial charge in [0.15, 0.2) is 0 Å². The Balaban J connectivity index is 2.76. The van der Waals surface area contributed by atoms with E-state index >= 15 is 0 Å². The van der Waals surface area contributed by atoms with Crippen LogP contribution in [0.2, 0.25) is 0 Å². The molecule has 1 aliphatic heterocycles. The van der Waals surface area contributed by atoms with Gasteiger partial charge in [0.2, 0.25) is 0 Å². The second-order valence-corrected chi connectivity index (χ2v) is 4.29. The van der Waals surface area contributed by atoms with Crippen LogP contribution in [0.1, 0.15) is 27.7 Å².